The van der Waals surface area contributed by atoms with E-state index in [1.54, 1.807) is 30.3 Å². The first-order valence-electron chi connectivity index (χ1n) is 11.1. The van der Waals surface area contributed by atoms with Crippen molar-refractivity contribution in [2.45, 2.75) is 18.6 Å². The Balaban J connectivity index is 1.59. The first kappa shape index (κ1) is 25.2. The summed E-state index contributed by atoms with van der Waals surface area (Å²) in [7, 11) is 3.65. The van der Waals surface area contributed by atoms with E-state index < -0.39 is 29.8 Å². The van der Waals surface area contributed by atoms with Gasteiger partial charge >= 0.3 is 12.1 Å². The van der Waals surface area contributed by atoms with Gasteiger partial charge in [0.2, 0.25) is 5.91 Å². The van der Waals surface area contributed by atoms with Gasteiger partial charge in [-0.1, -0.05) is 48.5 Å². The lowest BCUT2D eigenvalue weighted by atomic mass is 10.0. The van der Waals surface area contributed by atoms with Crippen LogP contribution in [0.3, 0.4) is 0 Å². The smallest absolute Gasteiger partial charge is 0.323 e. The predicted molar refractivity (Wildman–Crippen MR) is 136 cm³/mol. The zero-order chi connectivity index (χ0) is 26.1. The van der Waals surface area contributed by atoms with Crippen LogP contribution in [0.1, 0.15) is 5.56 Å². The minimum Gasteiger partial charge on any atom is -0.351 e. The molecule has 188 valence electrons. The number of urea groups is 1. The second kappa shape index (κ2) is 10.00. The maximum atomic E-state index is 14.3. The third-order valence-corrected chi connectivity index (χ3v) is 6.56. The molecule has 11 heteroatoms. The number of likely N-dealkylation sites (tertiary alicyclic amines) is 1. The fourth-order valence-electron chi connectivity index (χ4n) is 4.41. The van der Waals surface area contributed by atoms with E-state index in [4.69, 9.17) is 17.3 Å². The Labute approximate surface area is 212 Å². The van der Waals surface area contributed by atoms with Gasteiger partial charge in [0.15, 0.2) is 0 Å². The van der Waals surface area contributed by atoms with Crippen molar-refractivity contribution in [3.63, 3.8) is 0 Å². The summed E-state index contributed by atoms with van der Waals surface area (Å²) in [6.07, 6.45) is 1.44. The Bertz CT molecular complexity index is 1370. The molecule has 4 amide bonds. The number of nitrogens with one attached hydrogen (secondary N) is 2. The average molecular weight is 513 g/mol. The first-order chi connectivity index (χ1) is 17.1. The number of benzene rings is 2. The SMILES string of the molecule is C=C1[C@@H](C(=O)NCc2cccc(Cl)c2F)N(C(=O)Nc2cn(C(N)=O)c3ccccc23)C[C@H]1N(C)C. The molecule has 4 N–H and O–H groups in total. The normalized spacial score (nSPS) is 17.6. The maximum absolute atomic E-state index is 14.3. The third-order valence-electron chi connectivity index (χ3n) is 6.27. The molecule has 4 rings (SSSR count). The molecule has 1 fully saturated rings. The highest BCUT2D eigenvalue weighted by Crippen LogP contribution is 2.30. The molecule has 0 aliphatic carbocycles. The number of nitrogens with two attached hydrogens (primary N) is 1. The van der Waals surface area contributed by atoms with Gasteiger partial charge in [-0.05, 0) is 31.8 Å². The van der Waals surface area contributed by atoms with Crippen molar-refractivity contribution in [2.75, 3.05) is 26.0 Å². The molecule has 9 nitrogen and oxygen atoms in total. The van der Waals surface area contributed by atoms with Crippen molar-refractivity contribution < 1.29 is 18.8 Å². The van der Waals surface area contributed by atoms with Gasteiger partial charge in [0.25, 0.3) is 0 Å². The number of aromatic nitrogens is 1. The van der Waals surface area contributed by atoms with Crippen LogP contribution >= 0.6 is 11.6 Å². The first-order valence-corrected chi connectivity index (χ1v) is 11.5. The van der Waals surface area contributed by atoms with Gasteiger partial charge in [0.1, 0.15) is 11.9 Å². The molecule has 2 aromatic carbocycles. The Morgan fingerprint density at radius 1 is 1.19 bits per heavy atom. The maximum Gasteiger partial charge on any atom is 0.323 e. The number of halogens is 2. The summed E-state index contributed by atoms with van der Waals surface area (Å²) in [5, 5.41) is 6.06. The van der Waals surface area contributed by atoms with Crippen LogP contribution in [0.2, 0.25) is 5.02 Å². The second-order valence-electron chi connectivity index (χ2n) is 8.74. The lowest BCUT2D eigenvalue weighted by Crippen LogP contribution is -2.47. The van der Waals surface area contributed by atoms with Crippen molar-refractivity contribution in [3.05, 3.63) is 77.2 Å². The van der Waals surface area contributed by atoms with E-state index >= 15 is 0 Å². The Hall–Kier alpha value is -3.89. The number of carbonyl (C=O) groups excluding carboxylic acids is 3. The topological polar surface area (TPSA) is 113 Å². The Kier molecular flexibility index (Phi) is 7.00. The van der Waals surface area contributed by atoms with E-state index in [1.165, 1.54) is 27.8 Å². The number of anilines is 1. The summed E-state index contributed by atoms with van der Waals surface area (Å²) in [5.41, 5.74) is 7.13. The number of fused-ring (bicyclic) bond motifs is 1. The zero-order valence-corrected chi connectivity index (χ0v) is 20.6. The lowest BCUT2D eigenvalue weighted by molar-refractivity contribution is -0.123. The van der Waals surface area contributed by atoms with Gasteiger partial charge in [-0.15, -0.1) is 0 Å². The van der Waals surface area contributed by atoms with Gasteiger partial charge in [-0.2, -0.15) is 0 Å². The number of carbonyl (C=O) groups is 3. The number of para-hydroxylation sites is 1. The monoisotopic (exact) mass is 512 g/mol. The number of rotatable bonds is 5. The number of hydrogen-bond acceptors (Lipinski definition) is 4. The van der Waals surface area contributed by atoms with E-state index in [0.29, 0.717) is 22.2 Å². The van der Waals surface area contributed by atoms with Crippen LogP contribution in [-0.2, 0) is 11.3 Å². The number of likely N-dealkylation sites (N-methyl/N-ethyl adjacent to an activating group) is 1. The molecular formula is C25H26ClFN6O3. The molecule has 36 heavy (non-hydrogen) atoms. The van der Waals surface area contributed by atoms with Crippen LogP contribution in [0.4, 0.5) is 19.7 Å². The lowest BCUT2D eigenvalue weighted by Gasteiger charge is -2.24. The number of amides is 4. The fourth-order valence-corrected chi connectivity index (χ4v) is 4.60. The summed E-state index contributed by atoms with van der Waals surface area (Å²) in [6, 6.07) is 8.99. The third kappa shape index (κ3) is 4.65. The van der Waals surface area contributed by atoms with Crippen LogP contribution in [-0.4, -0.2) is 65.1 Å². The van der Waals surface area contributed by atoms with Crippen LogP contribution < -0.4 is 16.4 Å². The number of primary amides is 1. The van der Waals surface area contributed by atoms with Crippen LogP contribution in [0, 0.1) is 5.82 Å². The second-order valence-corrected chi connectivity index (χ2v) is 9.15. The molecule has 1 aromatic heterocycles. The highest BCUT2D eigenvalue weighted by atomic mass is 35.5. The molecule has 0 spiro atoms. The molecule has 1 aliphatic heterocycles. The van der Waals surface area contributed by atoms with Gasteiger partial charge in [0.05, 0.1) is 22.3 Å². The highest BCUT2D eigenvalue weighted by Gasteiger charge is 2.43. The van der Waals surface area contributed by atoms with Crippen molar-refractivity contribution in [3.8, 4) is 0 Å². The van der Waals surface area contributed by atoms with Gasteiger partial charge in [-0.3, -0.25) is 9.36 Å². The van der Waals surface area contributed by atoms with E-state index in [1.807, 2.05) is 19.0 Å². The highest BCUT2D eigenvalue weighted by molar-refractivity contribution is 6.30. The average Bonchev–Trinajstić information content (AvgIpc) is 3.38. The Morgan fingerprint density at radius 3 is 2.61 bits per heavy atom. The zero-order valence-electron chi connectivity index (χ0n) is 19.8. The van der Waals surface area contributed by atoms with Crippen molar-refractivity contribution in [1.82, 2.24) is 19.7 Å². The molecule has 0 radical (unpaired) electrons. The number of hydrogen-bond donors (Lipinski definition) is 3. The van der Waals surface area contributed by atoms with Crippen LogP contribution in [0.15, 0.2) is 60.8 Å². The Morgan fingerprint density at radius 2 is 1.92 bits per heavy atom. The summed E-state index contributed by atoms with van der Waals surface area (Å²) in [5.74, 6) is -1.12. The van der Waals surface area contributed by atoms with Gasteiger partial charge in [-0.25, -0.2) is 14.0 Å². The largest absolute Gasteiger partial charge is 0.351 e. The summed E-state index contributed by atoms with van der Waals surface area (Å²) in [4.78, 5) is 41.7. The molecule has 1 aliphatic rings. The van der Waals surface area contributed by atoms with E-state index in [0.717, 1.165) is 0 Å². The standard InChI is InChI=1S/C25H26ClFN6O3/c1-14-20(31(2)3)13-33(22(14)23(34)29-11-15-7-6-9-17(26)21(15)27)25(36)30-18-12-32(24(28)35)19-10-5-4-8-16(18)19/h4-10,12,20,22H,1,11,13H2,2-3H3,(H2,28,35)(H,29,34)(H,30,36)/t20-,22+/m1/s1. The van der Waals surface area contributed by atoms with Gasteiger partial charge < -0.3 is 26.2 Å². The number of nitrogens with zero attached hydrogens (tertiary/aromatic N) is 3. The minimum atomic E-state index is -0.996. The van der Waals surface area contributed by atoms with E-state index in [-0.39, 0.29) is 29.7 Å². The summed E-state index contributed by atoms with van der Waals surface area (Å²) >= 11 is 5.84. The molecule has 0 bridgehead atoms. The van der Waals surface area contributed by atoms with Crippen molar-refractivity contribution >= 4 is 46.2 Å². The van der Waals surface area contributed by atoms with Crippen molar-refractivity contribution in [1.29, 1.82) is 0 Å². The quantitative estimate of drug-likeness (QED) is 0.455. The molecule has 0 unspecified atom stereocenters. The van der Waals surface area contributed by atoms with Gasteiger partial charge in [0, 0.05) is 30.2 Å². The minimum absolute atomic E-state index is 0.0455. The fraction of sp³-hybridized carbons (Fsp3) is 0.240. The molecule has 2 atom stereocenters. The molecule has 3 aromatic rings. The van der Waals surface area contributed by atoms with Crippen LogP contribution in [0.5, 0.6) is 0 Å². The van der Waals surface area contributed by atoms with E-state index in [9.17, 15) is 18.8 Å². The van der Waals surface area contributed by atoms with E-state index in [2.05, 4.69) is 17.2 Å². The predicted octanol–water partition coefficient (Wildman–Crippen LogP) is 3.38. The van der Waals surface area contributed by atoms with Crippen molar-refractivity contribution in [2.24, 2.45) is 5.73 Å². The summed E-state index contributed by atoms with van der Waals surface area (Å²) in [6.45, 7) is 4.17. The molecular weight excluding hydrogens is 487 g/mol. The molecule has 2 heterocycles. The molecule has 1 saturated heterocycles. The van der Waals surface area contributed by atoms with Crippen LogP contribution in [0.25, 0.3) is 10.9 Å². The summed E-state index contributed by atoms with van der Waals surface area (Å²) < 4.78 is 15.5. The molecule has 0 saturated carbocycles.